The van der Waals surface area contributed by atoms with Crippen LogP contribution in [-0.4, -0.2) is 31.0 Å². The van der Waals surface area contributed by atoms with Crippen molar-refractivity contribution in [1.82, 2.24) is 5.23 Å². The zero-order valence-electron chi connectivity index (χ0n) is 5.20. The van der Waals surface area contributed by atoms with E-state index in [-0.39, 0.29) is 0 Å². The van der Waals surface area contributed by atoms with Crippen molar-refractivity contribution in [3.63, 3.8) is 0 Å². The average molecular weight is 142 g/mol. The summed E-state index contributed by atoms with van der Waals surface area (Å²) in [6, 6.07) is -1.07. The first kappa shape index (κ1) is 8.96. The quantitative estimate of drug-likeness (QED) is 0.397. The molecule has 54 valence electrons. The third-order valence-electron chi connectivity index (χ3n) is 0.874. The van der Waals surface area contributed by atoms with E-state index in [2.05, 4.69) is 7.98 Å². The van der Waals surface area contributed by atoms with Crippen molar-refractivity contribution >= 4 is 19.9 Å². The monoisotopic (exact) mass is 142 g/mol. The van der Waals surface area contributed by atoms with E-state index in [9.17, 15) is 9.59 Å². The van der Waals surface area contributed by atoms with Gasteiger partial charge in [0.05, 0.1) is 12.5 Å². The first-order valence-electron chi connectivity index (χ1n) is 2.55. The molecule has 0 heterocycles. The molecule has 1 amide bonds. The number of rotatable bonds is 3. The van der Waals surface area contributed by atoms with E-state index in [4.69, 9.17) is 10.8 Å². The number of carbonyl (C=O) groups is 2. The van der Waals surface area contributed by atoms with Crippen molar-refractivity contribution in [2.45, 2.75) is 12.5 Å². The SMILES string of the molecule is [B]NC(=O)C(N)CC(=O)O. The van der Waals surface area contributed by atoms with E-state index in [0.29, 0.717) is 0 Å². The van der Waals surface area contributed by atoms with Gasteiger partial charge in [-0.2, -0.15) is 0 Å². The van der Waals surface area contributed by atoms with Gasteiger partial charge in [0, 0.05) is 0 Å². The molecule has 0 saturated carbocycles. The summed E-state index contributed by atoms with van der Waals surface area (Å²) in [6.45, 7) is 0. The Bertz CT molecular complexity index is 149. The van der Waals surface area contributed by atoms with Crippen LogP contribution >= 0.6 is 0 Å². The molecule has 1 unspecified atom stereocenters. The van der Waals surface area contributed by atoms with E-state index < -0.39 is 24.3 Å². The highest BCUT2D eigenvalue weighted by molar-refractivity contribution is 6.15. The number of carbonyl (C=O) groups excluding carboxylic acids is 1. The fraction of sp³-hybridized carbons (Fsp3) is 0.500. The smallest absolute Gasteiger partial charge is 0.305 e. The van der Waals surface area contributed by atoms with Crippen LogP contribution in [0.4, 0.5) is 0 Å². The zero-order valence-corrected chi connectivity index (χ0v) is 5.20. The molecule has 0 aromatic rings. The van der Waals surface area contributed by atoms with Crippen molar-refractivity contribution in [3.05, 3.63) is 0 Å². The van der Waals surface area contributed by atoms with Gasteiger partial charge < -0.3 is 16.1 Å². The lowest BCUT2D eigenvalue weighted by molar-refractivity contribution is -0.139. The average Bonchev–Trinajstić information content (AvgIpc) is 1.85. The van der Waals surface area contributed by atoms with Gasteiger partial charge in [0.1, 0.15) is 0 Å². The second-order valence-electron chi connectivity index (χ2n) is 1.71. The van der Waals surface area contributed by atoms with Gasteiger partial charge in [-0.3, -0.25) is 9.59 Å². The Kier molecular flexibility index (Phi) is 3.49. The van der Waals surface area contributed by atoms with E-state index in [1.165, 1.54) is 0 Å². The molecule has 0 saturated heterocycles. The van der Waals surface area contributed by atoms with Crippen molar-refractivity contribution in [3.8, 4) is 0 Å². The molecule has 0 aliphatic rings. The standard InChI is InChI=1S/C4H7BN2O3/c5-7-4(10)2(6)1-3(8)9/h2H,1,6H2,(H,7,10)(H,8,9). The van der Waals surface area contributed by atoms with Crippen LogP contribution in [0.15, 0.2) is 0 Å². The van der Waals surface area contributed by atoms with Crippen molar-refractivity contribution in [2.75, 3.05) is 0 Å². The van der Waals surface area contributed by atoms with Gasteiger partial charge in [-0.05, 0) is 0 Å². The molecule has 4 N–H and O–H groups in total. The lowest BCUT2D eigenvalue weighted by atomic mass is 10.2. The fourth-order valence-corrected chi connectivity index (χ4v) is 0.388. The summed E-state index contributed by atoms with van der Waals surface area (Å²) in [5, 5.41) is 9.87. The minimum atomic E-state index is -1.13. The largest absolute Gasteiger partial charge is 0.481 e. The molecule has 0 spiro atoms. The maximum absolute atomic E-state index is 10.4. The number of amides is 1. The fourth-order valence-electron chi connectivity index (χ4n) is 0.388. The van der Waals surface area contributed by atoms with E-state index in [0.717, 1.165) is 0 Å². The Morgan fingerprint density at radius 2 is 2.20 bits per heavy atom. The molecule has 0 aromatic heterocycles. The van der Waals surface area contributed by atoms with Gasteiger partial charge in [0.15, 0.2) is 0 Å². The van der Waals surface area contributed by atoms with E-state index in [1.54, 1.807) is 5.23 Å². The molecule has 0 fully saturated rings. The molecule has 1 atom stereocenters. The van der Waals surface area contributed by atoms with E-state index in [1.807, 2.05) is 0 Å². The number of hydrogen-bond donors (Lipinski definition) is 3. The van der Waals surface area contributed by atoms with E-state index >= 15 is 0 Å². The Morgan fingerprint density at radius 3 is 2.50 bits per heavy atom. The van der Waals surface area contributed by atoms with Crippen LogP contribution in [0.25, 0.3) is 0 Å². The summed E-state index contributed by atoms with van der Waals surface area (Å²) < 4.78 is 0. The molecular weight excluding hydrogens is 135 g/mol. The lowest BCUT2D eigenvalue weighted by Crippen LogP contribution is -2.40. The lowest BCUT2D eigenvalue weighted by Gasteiger charge is -2.05. The predicted octanol–water partition coefficient (Wildman–Crippen LogP) is -2.01. The first-order chi connectivity index (χ1) is 4.57. The first-order valence-corrected chi connectivity index (χ1v) is 2.55. The van der Waals surface area contributed by atoms with Crippen LogP contribution < -0.4 is 11.0 Å². The van der Waals surface area contributed by atoms with Crippen molar-refractivity contribution < 1.29 is 14.7 Å². The third kappa shape index (κ3) is 3.08. The van der Waals surface area contributed by atoms with Crippen LogP contribution in [0.3, 0.4) is 0 Å². The van der Waals surface area contributed by atoms with Crippen LogP contribution in [0.2, 0.25) is 0 Å². The van der Waals surface area contributed by atoms with Crippen LogP contribution in [-0.2, 0) is 9.59 Å². The molecule has 10 heavy (non-hydrogen) atoms. The van der Waals surface area contributed by atoms with Gasteiger partial charge in [-0.15, -0.1) is 0 Å². The molecule has 5 nitrogen and oxygen atoms in total. The summed E-state index contributed by atoms with van der Waals surface area (Å²) in [7, 11) is 4.68. The predicted molar refractivity (Wildman–Crippen MR) is 34.1 cm³/mol. The molecule has 0 aliphatic heterocycles. The van der Waals surface area contributed by atoms with Gasteiger partial charge in [-0.1, -0.05) is 0 Å². The molecule has 2 radical (unpaired) electrons. The van der Waals surface area contributed by atoms with Crippen molar-refractivity contribution in [1.29, 1.82) is 0 Å². The molecule has 0 aromatic carbocycles. The number of hydrogen-bond acceptors (Lipinski definition) is 3. The van der Waals surface area contributed by atoms with Crippen LogP contribution in [0.5, 0.6) is 0 Å². The van der Waals surface area contributed by atoms with Crippen molar-refractivity contribution in [2.24, 2.45) is 5.73 Å². The summed E-state index contributed by atoms with van der Waals surface area (Å²) in [4.78, 5) is 20.4. The highest BCUT2D eigenvalue weighted by Crippen LogP contribution is 1.86. The summed E-state index contributed by atoms with van der Waals surface area (Å²) in [5.74, 6) is -1.81. The molecular formula is C4H7BN2O3. The maximum Gasteiger partial charge on any atom is 0.305 e. The second-order valence-corrected chi connectivity index (χ2v) is 1.71. The summed E-state index contributed by atoms with van der Waals surface area (Å²) in [6.07, 6.45) is -0.414. The van der Waals surface area contributed by atoms with Crippen LogP contribution in [0.1, 0.15) is 6.42 Å². The summed E-state index contributed by atoms with van der Waals surface area (Å²) >= 11 is 0. The number of nitrogens with one attached hydrogen (secondary N) is 1. The molecule has 6 heteroatoms. The second kappa shape index (κ2) is 3.89. The topological polar surface area (TPSA) is 92.4 Å². The zero-order chi connectivity index (χ0) is 8.15. The highest BCUT2D eigenvalue weighted by Gasteiger charge is 2.14. The number of carboxylic acid groups (broad SMARTS) is 1. The maximum atomic E-state index is 10.4. The minimum absolute atomic E-state index is 0.414. The normalized spacial score (nSPS) is 12.1. The summed E-state index contributed by atoms with van der Waals surface area (Å²) in [5.41, 5.74) is 5.06. The number of aliphatic carboxylic acids is 1. The van der Waals surface area contributed by atoms with Gasteiger partial charge in [0.25, 0.3) is 0 Å². The molecule has 0 rings (SSSR count). The molecule has 0 aliphatic carbocycles. The number of nitrogens with two attached hydrogens (primary N) is 1. The highest BCUT2D eigenvalue weighted by atomic mass is 16.4. The minimum Gasteiger partial charge on any atom is -0.481 e. The van der Waals surface area contributed by atoms with Gasteiger partial charge in [0.2, 0.25) is 13.9 Å². The van der Waals surface area contributed by atoms with Gasteiger partial charge >= 0.3 is 5.97 Å². The molecule has 0 bridgehead atoms. The van der Waals surface area contributed by atoms with Gasteiger partial charge in [-0.25, -0.2) is 0 Å². The Morgan fingerprint density at radius 1 is 1.70 bits per heavy atom. The Balaban J connectivity index is 3.72. The van der Waals surface area contributed by atoms with Crippen LogP contribution in [0, 0.1) is 0 Å². The Labute approximate surface area is 59.0 Å². The third-order valence-corrected chi connectivity index (χ3v) is 0.874. The number of carboxylic acids is 1. The Hall–Kier alpha value is -1.04.